The Bertz CT molecular complexity index is 1100. The van der Waals surface area contributed by atoms with E-state index in [0.29, 0.717) is 42.9 Å². The van der Waals surface area contributed by atoms with Crippen molar-refractivity contribution in [2.45, 2.75) is 53.5 Å². The molecule has 3 heterocycles. The number of unbranched alkanes of at least 4 members (excludes halogenated alkanes) is 1. The van der Waals surface area contributed by atoms with Crippen molar-refractivity contribution in [1.29, 1.82) is 0 Å². The summed E-state index contributed by atoms with van der Waals surface area (Å²) in [5.41, 5.74) is 1.43. The minimum atomic E-state index is -0.796. The Labute approximate surface area is 241 Å². The van der Waals surface area contributed by atoms with E-state index < -0.39 is 28.6 Å². The van der Waals surface area contributed by atoms with Crippen LogP contribution >= 0.6 is 39.3 Å². The standard InChI is InChI=1S/C28H34BrClN2O5S/c1-4-6-15-37-27(36)20-21-25(34)32(13-7-8-14-33)24(28(21)16-18(29)23(20)38-28)26(35)31(12-5-2)22-17(3)10-9-11-19(22)30/h4-5,9-11,18,20-21,23-24,33H,1-2,6-8,12-16H2,3H3/t18?,20-,21+,23-,24?,28?/m1/s1. The summed E-state index contributed by atoms with van der Waals surface area (Å²) in [6, 6.07) is 4.67. The Hall–Kier alpha value is -1.81. The summed E-state index contributed by atoms with van der Waals surface area (Å²) in [6.45, 7) is 10.2. The molecule has 0 aliphatic carbocycles. The molecule has 3 unspecified atom stereocenters. The van der Waals surface area contributed by atoms with E-state index in [2.05, 4.69) is 29.1 Å². The number of anilines is 1. The van der Waals surface area contributed by atoms with Gasteiger partial charge in [-0.3, -0.25) is 14.4 Å². The molecule has 1 aromatic rings. The minimum Gasteiger partial charge on any atom is -0.465 e. The number of alkyl halides is 1. The second kappa shape index (κ2) is 12.1. The van der Waals surface area contributed by atoms with Crippen LogP contribution in [0.15, 0.2) is 43.5 Å². The molecule has 1 spiro atoms. The number of carbonyl (C=O) groups is 3. The Kier molecular flexibility index (Phi) is 9.33. The van der Waals surface area contributed by atoms with Crippen LogP contribution in [0, 0.1) is 18.8 Å². The topological polar surface area (TPSA) is 87.2 Å². The van der Waals surface area contributed by atoms with Gasteiger partial charge in [0.15, 0.2) is 0 Å². The molecule has 4 rings (SSSR count). The fraction of sp³-hybridized carbons (Fsp3) is 0.536. The van der Waals surface area contributed by atoms with Gasteiger partial charge in [-0.25, -0.2) is 0 Å². The molecule has 38 heavy (non-hydrogen) atoms. The van der Waals surface area contributed by atoms with Gasteiger partial charge in [0.25, 0.3) is 5.91 Å². The first kappa shape index (κ1) is 29.2. The molecule has 1 N–H and O–H groups in total. The number of likely N-dealkylation sites (tertiary alicyclic amines) is 1. The maximum Gasteiger partial charge on any atom is 0.310 e. The summed E-state index contributed by atoms with van der Waals surface area (Å²) >= 11 is 11.9. The minimum absolute atomic E-state index is 0.00479. The third-order valence-electron chi connectivity index (χ3n) is 7.70. The predicted molar refractivity (Wildman–Crippen MR) is 155 cm³/mol. The first-order chi connectivity index (χ1) is 18.2. The van der Waals surface area contributed by atoms with Crippen molar-refractivity contribution < 1.29 is 24.2 Å². The van der Waals surface area contributed by atoms with Gasteiger partial charge in [-0.05, 0) is 44.2 Å². The van der Waals surface area contributed by atoms with Crippen LogP contribution in [0.3, 0.4) is 0 Å². The van der Waals surface area contributed by atoms with E-state index >= 15 is 0 Å². The summed E-state index contributed by atoms with van der Waals surface area (Å²) in [4.78, 5) is 45.2. The first-order valence-electron chi connectivity index (χ1n) is 12.9. The molecular weight excluding hydrogens is 592 g/mol. The second-order valence-corrected chi connectivity index (χ2v) is 13.1. The van der Waals surface area contributed by atoms with E-state index in [1.807, 2.05) is 19.1 Å². The number of aliphatic hydroxyl groups is 1. The number of para-hydroxylation sites is 1. The van der Waals surface area contributed by atoms with Crippen molar-refractivity contribution in [1.82, 2.24) is 4.90 Å². The average Bonchev–Trinajstić information content (AvgIpc) is 3.47. The molecule has 1 aromatic carbocycles. The largest absolute Gasteiger partial charge is 0.465 e. The molecule has 206 valence electrons. The Morgan fingerprint density at radius 2 is 2.11 bits per heavy atom. The Morgan fingerprint density at radius 3 is 2.76 bits per heavy atom. The number of benzene rings is 1. The van der Waals surface area contributed by atoms with Crippen LogP contribution in [-0.4, -0.2) is 75.0 Å². The molecule has 6 atom stereocenters. The van der Waals surface area contributed by atoms with Gasteiger partial charge in [-0.15, -0.1) is 24.9 Å². The number of amides is 2. The SMILES string of the molecule is C=CCCOC(=O)[C@H]1[C@@H]2SC3(CC2Br)C(C(=O)N(CC=C)c2c(C)cccc2Cl)N(CCCCO)C(=O)[C@H]13. The summed E-state index contributed by atoms with van der Waals surface area (Å²) in [5, 5.41) is 9.65. The number of rotatable bonds is 12. The van der Waals surface area contributed by atoms with Gasteiger partial charge < -0.3 is 19.6 Å². The third-order valence-corrected chi connectivity index (χ3v) is 11.2. The summed E-state index contributed by atoms with van der Waals surface area (Å²) in [7, 11) is 0. The monoisotopic (exact) mass is 624 g/mol. The number of aliphatic hydroxyl groups excluding tert-OH is 1. The van der Waals surface area contributed by atoms with Crippen molar-refractivity contribution in [2.75, 3.05) is 31.2 Å². The smallest absolute Gasteiger partial charge is 0.310 e. The highest BCUT2D eigenvalue weighted by molar-refractivity contribution is 9.09. The highest BCUT2D eigenvalue weighted by Crippen LogP contribution is 2.68. The fourth-order valence-electron chi connectivity index (χ4n) is 6.18. The fourth-order valence-corrected chi connectivity index (χ4v) is 10.1. The lowest BCUT2D eigenvalue weighted by molar-refractivity contribution is -0.154. The highest BCUT2D eigenvalue weighted by Gasteiger charge is 2.76. The zero-order valence-corrected chi connectivity index (χ0v) is 24.6. The lowest BCUT2D eigenvalue weighted by Gasteiger charge is -2.38. The molecule has 3 fully saturated rings. The lowest BCUT2D eigenvalue weighted by atomic mass is 9.71. The van der Waals surface area contributed by atoms with Gasteiger partial charge >= 0.3 is 5.97 Å². The molecule has 3 aliphatic heterocycles. The number of thioether (sulfide) groups is 1. The summed E-state index contributed by atoms with van der Waals surface area (Å²) < 4.78 is 4.77. The van der Waals surface area contributed by atoms with Gasteiger partial charge in [-0.2, -0.15) is 0 Å². The molecule has 3 saturated heterocycles. The van der Waals surface area contributed by atoms with Crippen LogP contribution in [0.4, 0.5) is 5.69 Å². The van der Waals surface area contributed by atoms with Crippen molar-refractivity contribution in [2.24, 2.45) is 11.8 Å². The highest BCUT2D eigenvalue weighted by atomic mass is 79.9. The van der Waals surface area contributed by atoms with Gasteiger partial charge in [0.05, 0.1) is 33.9 Å². The number of hydrogen-bond acceptors (Lipinski definition) is 6. The normalized spacial score (nSPS) is 29.3. The Balaban J connectivity index is 1.77. The van der Waals surface area contributed by atoms with E-state index in [1.165, 1.54) is 0 Å². The lowest BCUT2D eigenvalue weighted by Crippen LogP contribution is -2.55. The summed E-state index contributed by atoms with van der Waals surface area (Å²) in [6.07, 6.45) is 5.48. The van der Waals surface area contributed by atoms with Crippen LogP contribution in [-0.2, 0) is 19.1 Å². The number of hydrogen-bond donors (Lipinski definition) is 1. The van der Waals surface area contributed by atoms with Crippen molar-refractivity contribution in [3.05, 3.63) is 54.1 Å². The van der Waals surface area contributed by atoms with E-state index in [4.69, 9.17) is 16.3 Å². The van der Waals surface area contributed by atoms with Gasteiger partial charge in [-0.1, -0.05) is 51.8 Å². The maximum absolute atomic E-state index is 14.6. The number of esters is 1. The first-order valence-corrected chi connectivity index (χ1v) is 15.1. The second-order valence-electron chi connectivity index (χ2n) is 10.0. The van der Waals surface area contributed by atoms with E-state index in [1.54, 1.807) is 39.8 Å². The average molecular weight is 626 g/mol. The Morgan fingerprint density at radius 1 is 1.34 bits per heavy atom. The maximum atomic E-state index is 14.6. The van der Waals surface area contributed by atoms with Crippen LogP contribution < -0.4 is 4.90 Å². The molecule has 3 aliphatic rings. The van der Waals surface area contributed by atoms with Crippen molar-refractivity contribution >= 4 is 62.8 Å². The van der Waals surface area contributed by atoms with Gasteiger partial charge in [0, 0.05) is 29.8 Å². The quantitative estimate of drug-likeness (QED) is 0.159. The van der Waals surface area contributed by atoms with Crippen molar-refractivity contribution in [3.8, 4) is 0 Å². The summed E-state index contributed by atoms with van der Waals surface area (Å²) in [5.74, 6) is -2.15. The zero-order valence-electron chi connectivity index (χ0n) is 21.5. The molecule has 7 nitrogen and oxygen atoms in total. The number of nitrogens with zero attached hydrogens (tertiary/aromatic N) is 2. The van der Waals surface area contributed by atoms with Crippen LogP contribution in [0.5, 0.6) is 0 Å². The van der Waals surface area contributed by atoms with Crippen LogP contribution in [0.25, 0.3) is 0 Å². The number of halogens is 2. The number of carbonyl (C=O) groups excluding carboxylic acids is 3. The molecular formula is C28H34BrClN2O5S. The van der Waals surface area contributed by atoms with Crippen molar-refractivity contribution in [3.63, 3.8) is 0 Å². The number of ether oxygens (including phenoxy) is 1. The van der Waals surface area contributed by atoms with E-state index in [0.717, 1.165) is 5.56 Å². The number of aryl methyl sites for hydroxylation is 1. The van der Waals surface area contributed by atoms with E-state index in [9.17, 15) is 19.5 Å². The number of fused-ring (bicyclic) bond motifs is 1. The molecule has 2 bridgehead atoms. The van der Waals surface area contributed by atoms with Gasteiger partial charge in [0.1, 0.15) is 6.04 Å². The molecule has 0 radical (unpaired) electrons. The predicted octanol–water partition coefficient (Wildman–Crippen LogP) is 4.52. The molecule has 10 heteroatoms. The zero-order chi connectivity index (χ0) is 27.6. The molecule has 0 saturated carbocycles. The molecule has 0 aromatic heterocycles. The van der Waals surface area contributed by atoms with Gasteiger partial charge in [0.2, 0.25) is 5.91 Å². The van der Waals surface area contributed by atoms with Crippen LogP contribution in [0.1, 0.15) is 31.2 Å². The third kappa shape index (κ3) is 4.95. The van der Waals surface area contributed by atoms with E-state index in [-0.39, 0.29) is 41.6 Å². The molecule has 2 amide bonds. The van der Waals surface area contributed by atoms with Crippen LogP contribution in [0.2, 0.25) is 5.02 Å².